The Labute approximate surface area is 182 Å². The fraction of sp³-hybridized carbons (Fsp3) is 0.333. The molecule has 1 fully saturated rings. The van der Waals surface area contributed by atoms with Crippen molar-refractivity contribution < 1.29 is 13.6 Å². The maximum Gasteiger partial charge on any atom is 0.277 e. The topological polar surface area (TPSA) is 84.7 Å². The normalized spacial score (nSPS) is 19.7. The molecule has 30 heavy (non-hydrogen) atoms. The van der Waals surface area contributed by atoms with Gasteiger partial charge in [-0.25, -0.2) is 5.01 Å². The molecular formula is C21H19ClN4O3S. The van der Waals surface area contributed by atoms with Gasteiger partial charge in [-0.1, -0.05) is 35.5 Å². The number of halogens is 1. The van der Waals surface area contributed by atoms with Crippen LogP contribution in [-0.2, 0) is 4.79 Å². The summed E-state index contributed by atoms with van der Waals surface area (Å²) in [6.07, 6.45) is 4.34. The summed E-state index contributed by atoms with van der Waals surface area (Å²) in [6, 6.07) is 10.8. The highest BCUT2D eigenvalue weighted by Crippen LogP contribution is 2.40. The van der Waals surface area contributed by atoms with Gasteiger partial charge in [0, 0.05) is 17.4 Å². The van der Waals surface area contributed by atoms with Crippen molar-refractivity contribution in [2.24, 2.45) is 5.10 Å². The molecule has 5 rings (SSSR count). The fourth-order valence-corrected chi connectivity index (χ4v) is 4.24. The van der Waals surface area contributed by atoms with Crippen LogP contribution in [0.3, 0.4) is 0 Å². The molecule has 3 aromatic rings. The second-order valence-electron chi connectivity index (χ2n) is 7.41. The number of hydrogen-bond donors (Lipinski definition) is 0. The third-order valence-corrected chi connectivity index (χ3v) is 6.33. The number of aromatic nitrogens is 2. The number of carbonyl (C=O) groups is 1. The molecule has 0 saturated heterocycles. The van der Waals surface area contributed by atoms with Crippen LogP contribution < -0.4 is 0 Å². The Morgan fingerprint density at radius 3 is 2.73 bits per heavy atom. The quantitative estimate of drug-likeness (QED) is 0.496. The van der Waals surface area contributed by atoms with Crippen molar-refractivity contribution in [1.82, 2.24) is 15.2 Å². The smallest absolute Gasteiger partial charge is 0.277 e. The minimum Gasteiger partial charge on any atom is -0.467 e. The first-order chi connectivity index (χ1) is 14.6. The molecule has 0 spiro atoms. The molecule has 3 heterocycles. The van der Waals surface area contributed by atoms with Gasteiger partial charge in [-0.3, -0.25) is 4.79 Å². The number of carbonyl (C=O) groups excluding carboxylic acids is 1. The minimum absolute atomic E-state index is 0.142. The number of hydrogen-bond acceptors (Lipinski definition) is 7. The summed E-state index contributed by atoms with van der Waals surface area (Å²) in [7, 11) is 0. The molecule has 1 aliphatic carbocycles. The third-order valence-electron chi connectivity index (χ3n) is 5.16. The van der Waals surface area contributed by atoms with E-state index in [1.807, 2.05) is 43.3 Å². The molecule has 2 unspecified atom stereocenters. The number of thioether (sulfide) groups is 1. The number of amides is 1. The average Bonchev–Trinajstić information content (AvgIpc) is 3.14. The van der Waals surface area contributed by atoms with Gasteiger partial charge in [0.05, 0.1) is 17.2 Å². The lowest BCUT2D eigenvalue weighted by atomic mass is 10.0. The average molecular weight is 443 g/mol. The third kappa shape index (κ3) is 3.89. The van der Waals surface area contributed by atoms with Crippen LogP contribution in [0.15, 0.2) is 61.8 Å². The van der Waals surface area contributed by atoms with Crippen LogP contribution in [0.5, 0.6) is 0 Å². The predicted octanol–water partition coefficient (Wildman–Crippen LogP) is 5.05. The zero-order chi connectivity index (χ0) is 20.7. The van der Waals surface area contributed by atoms with Crippen LogP contribution in [-0.4, -0.2) is 32.1 Å². The van der Waals surface area contributed by atoms with E-state index in [2.05, 4.69) is 15.3 Å². The van der Waals surface area contributed by atoms with Gasteiger partial charge in [-0.05, 0) is 49.6 Å². The summed E-state index contributed by atoms with van der Waals surface area (Å²) >= 11 is 7.26. The van der Waals surface area contributed by atoms with Crippen molar-refractivity contribution in [3.8, 4) is 0 Å². The SMILES string of the molecule is CC(Sc1nnc(C2CC2)o1)C(=O)N1N=C(c2ccc(Cl)cc2)CC1c1ccco1. The lowest BCUT2D eigenvalue weighted by molar-refractivity contribution is -0.132. The van der Waals surface area contributed by atoms with Crippen LogP contribution in [0.4, 0.5) is 0 Å². The standard InChI is InChI=1S/C21H19ClN4O3S/c1-12(30-21-24-23-19(29-21)14-4-5-14)20(27)26-17(18-3-2-10-28-18)11-16(25-26)13-6-8-15(22)9-7-13/h2-3,6-10,12,14,17H,4-5,11H2,1H3. The zero-order valence-corrected chi connectivity index (χ0v) is 17.8. The first-order valence-corrected chi connectivity index (χ1v) is 11.0. The second-order valence-corrected chi connectivity index (χ2v) is 9.14. The number of hydrazone groups is 1. The van der Waals surface area contributed by atoms with Crippen molar-refractivity contribution in [1.29, 1.82) is 0 Å². The van der Waals surface area contributed by atoms with E-state index < -0.39 is 5.25 Å². The Balaban J connectivity index is 1.37. The molecule has 154 valence electrons. The highest BCUT2D eigenvalue weighted by Gasteiger charge is 2.37. The van der Waals surface area contributed by atoms with Crippen LogP contribution in [0.25, 0.3) is 0 Å². The fourth-order valence-electron chi connectivity index (χ4n) is 3.38. The second kappa shape index (κ2) is 7.92. The summed E-state index contributed by atoms with van der Waals surface area (Å²) < 4.78 is 11.3. The lowest BCUT2D eigenvalue weighted by Crippen LogP contribution is -2.33. The first kappa shape index (κ1) is 19.4. The number of nitrogens with zero attached hydrogens (tertiary/aromatic N) is 4. The Kier molecular flexibility index (Phi) is 5.12. The van der Waals surface area contributed by atoms with Gasteiger partial charge in [-0.15, -0.1) is 10.2 Å². The number of furan rings is 1. The molecule has 1 amide bonds. The molecule has 2 aromatic heterocycles. The van der Waals surface area contributed by atoms with Gasteiger partial charge in [0.2, 0.25) is 5.89 Å². The van der Waals surface area contributed by atoms with Crippen LogP contribution in [0, 0.1) is 0 Å². The van der Waals surface area contributed by atoms with E-state index in [9.17, 15) is 4.79 Å². The Hall–Kier alpha value is -2.58. The summed E-state index contributed by atoms with van der Waals surface area (Å²) in [6.45, 7) is 1.82. The number of rotatable bonds is 6. The van der Waals surface area contributed by atoms with E-state index in [0.717, 1.165) is 24.1 Å². The van der Waals surface area contributed by atoms with Gasteiger partial charge in [-0.2, -0.15) is 5.10 Å². The van der Waals surface area contributed by atoms with Crippen molar-refractivity contribution >= 4 is 35.0 Å². The van der Waals surface area contributed by atoms with Crippen LogP contribution in [0.2, 0.25) is 5.02 Å². The summed E-state index contributed by atoms with van der Waals surface area (Å²) in [5, 5.41) is 14.9. The van der Waals surface area contributed by atoms with E-state index >= 15 is 0 Å². The Bertz CT molecular complexity index is 1080. The predicted molar refractivity (Wildman–Crippen MR) is 112 cm³/mol. The molecule has 7 nitrogen and oxygen atoms in total. The monoisotopic (exact) mass is 442 g/mol. The summed E-state index contributed by atoms with van der Waals surface area (Å²) in [4.78, 5) is 13.3. The Morgan fingerprint density at radius 1 is 1.23 bits per heavy atom. The van der Waals surface area contributed by atoms with Crippen LogP contribution >= 0.6 is 23.4 Å². The van der Waals surface area contributed by atoms with E-state index in [0.29, 0.717) is 34.2 Å². The molecule has 9 heteroatoms. The van der Waals surface area contributed by atoms with Gasteiger partial charge in [0.15, 0.2) is 0 Å². The molecule has 1 aromatic carbocycles. The maximum atomic E-state index is 13.3. The molecule has 0 N–H and O–H groups in total. The largest absolute Gasteiger partial charge is 0.467 e. The highest BCUT2D eigenvalue weighted by molar-refractivity contribution is 8.00. The summed E-state index contributed by atoms with van der Waals surface area (Å²) in [5.41, 5.74) is 1.74. The van der Waals surface area contributed by atoms with Gasteiger partial charge in [0.25, 0.3) is 11.1 Å². The highest BCUT2D eigenvalue weighted by atomic mass is 35.5. The maximum absolute atomic E-state index is 13.3. The molecule has 1 saturated carbocycles. The van der Waals surface area contributed by atoms with Gasteiger partial charge < -0.3 is 8.83 Å². The minimum atomic E-state index is -0.441. The van der Waals surface area contributed by atoms with E-state index in [1.54, 1.807) is 6.26 Å². The van der Waals surface area contributed by atoms with Gasteiger partial charge in [0.1, 0.15) is 11.8 Å². The first-order valence-electron chi connectivity index (χ1n) is 9.78. The molecule has 2 atom stereocenters. The van der Waals surface area contributed by atoms with Crippen LogP contribution in [0.1, 0.15) is 55.4 Å². The van der Waals surface area contributed by atoms with E-state index in [-0.39, 0.29) is 11.9 Å². The lowest BCUT2D eigenvalue weighted by Gasteiger charge is -2.22. The van der Waals surface area contributed by atoms with E-state index in [4.69, 9.17) is 20.4 Å². The van der Waals surface area contributed by atoms with Crippen molar-refractivity contribution in [3.05, 3.63) is 64.9 Å². The molecule has 2 aliphatic rings. The van der Waals surface area contributed by atoms with Crippen molar-refractivity contribution in [3.63, 3.8) is 0 Å². The van der Waals surface area contributed by atoms with Crippen molar-refractivity contribution in [2.45, 2.75) is 48.6 Å². The number of benzene rings is 1. The molecular weight excluding hydrogens is 424 g/mol. The summed E-state index contributed by atoms with van der Waals surface area (Å²) in [5.74, 6) is 1.60. The molecule has 1 aliphatic heterocycles. The molecule has 0 bridgehead atoms. The van der Waals surface area contributed by atoms with Crippen molar-refractivity contribution in [2.75, 3.05) is 0 Å². The van der Waals surface area contributed by atoms with E-state index in [1.165, 1.54) is 16.8 Å². The zero-order valence-electron chi connectivity index (χ0n) is 16.2. The van der Waals surface area contributed by atoms with Gasteiger partial charge >= 0.3 is 0 Å². The molecule has 0 radical (unpaired) electrons. The Morgan fingerprint density at radius 2 is 2.03 bits per heavy atom.